The number of non-ortho nitro benzene ring substituents is 1. The van der Waals surface area contributed by atoms with E-state index in [0.717, 1.165) is 26.4 Å². The Balaban J connectivity index is 2.02. The van der Waals surface area contributed by atoms with Crippen molar-refractivity contribution in [3.63, 3.8) is 0 Å². The fourth-order valence-electron chi connectivity index (χ4n) is 3.05. The van der Waals surface area contributed by atoms with Crippen LogP contribution in [0.25, 0.3) is 11.0 Å². The number of nitro groups is 1. The minimum Gasteiger partial charge on any atom is -0.468 e. The van der Waals surface area contributed by atoms with E-state index in [9.17, 15) is 34.1 Å². The summed E-state index contributed by atoms with van der Waals surface area (Å²) in [5.41, 5.74) is -2.10. The van der Waals surface area contributed by atoms with E-state index in [0.29, 0.717) is 0 Å². The van der Waals surface area contributed by atoms with Crippen molar-refractivity contribution in [2.45, 2.75) is 5.92 Å². The van der Waals surface area contributed by atoms with E-state index in [-0.39, 0.29) is 28.0 Å². The molecule has 1 heterocycles. The summed E-state index contributed by atoms with van der Waals surface area (Å²) < 4.78 is 9.21. The molecular weight excluding hydrogens is 452 g/mol. The number of hydrogen-bond donors (Lipinski definition) is 2. The standard InChI is InChI=1S/C21H16N4O9/c1-33-20(29)11-5-3-4-6-12(11)23-19(28)17(26)15(21(30)34-2)16-18(27)24-14-9-10(25(31)32)7-8-13(14)22-16/h3-9,15H,1-2H3,(H,23,28)(H,24,27)/t15-/m0/s1. The number of carbonyl (C=O) groups is 4. The lowest BCUT2D eigenvalue weighted by atomic mass is 9.99. The zero-order valence-corrected chi connectivity index (χ0v) is 17.7. The molecule has 0 radical (unpaired) electrons. The lowest BCUT2D eigenvalue weighted by molar-refractivity contribution is -0.384. The van der Waals surface area contributed by atoms with E-state index < -0.39 is 45.7 Å². The van der Waals surface area contributed by atoms with Gasteiger partial charge in [-0.05, 0) is 18.2 Å². The fraction of sp³-hybridized carbons (Fsp3) is 0.143. The van der Waals surface area contributed by atoms with Gasteiger partial charge in [-0.25, -0.2) is 9.78 Å². The molecule has 13 nitrogen and oxygen atoms in total. The van der Waals surface area contributed by atoms with Crippen LogP contribution in [-0.4, -0.2) is 52.7 Å². The van der Waals surface area contributed by atoms with Gasteiger partial charge in [-0.15, -0.1) is 0 Å². The number of benzene rings is 2. The van der Waals surface area contributed by atoms with Crippen molar-refractivity contribution in [3.8, 4) is 0 Å². The minimum atomic E-state index is -2.04. The summed E-state index contributed by atoms with van der Waals surface area (Å²) in [5.74, 6) is -6.77. The first-order valence-electron chi connectivity index (χ1n) is 9.46. The highest BCUT2D eigenvalue weighted by molar-refractivity contribution is 6.45. The number of anilines is 1. The maximum absolute atomic E-state index is 12.9. The number of nitro benzene ring substituents is 1. The molecule has 2 N–H and O–H groups in total. The van der Waals surface area contributed by atoms with Crippen LogP contribution in [-0.2, 0) is 23.9 Å². The fourth-order valence-corrected chi connectivity index (χ4v) is 3.05. The molecule has 3 aromatic rings. The maximum Gasteiger partial charge on any atom is 0.339 e. The van der Waals surface area contributed by atoms with E-state index >= 15 is 0 Å². The van der Waals surface area contributed by atoms with Crippen LogP contribution in [0.3, 0.4) is 0 Å². The average molecular weight is 468 g/mol. The summed E-state index contributed by atoms with van der Waals surface area (Å²) in [4.78, 5) is 79.0. The van der Waals surface area contributed by atoms with Crippen LogP contribution in [0.15, 0.2) is 47.3 Å². The number of ketones is 1. The van der Waals surface area contributed by atoms with Gasteiger partial charge in [0.15, 0.2) is 5.92 Å². The SMILES string of the molecule is COC(=O)c1ccccc1NC(=O)C(=O)[C@@H](C(=O)OC)c1nc2ccc([N+](=O)[O-])cc2[nH]c1=O. The number of hydrogen-bond acceptors (Lipinski definition) is 10. The molecule has 0 unspecified atom stereocenters. The summed E-state index contributed by atoms with van der Waals surface area (Å²) in [6.07, 6.45) is 0. The molecule has 0 bridgehead atoms. The third kappa shape index (κ3) is 4.62. The van der Waals surface area contributed by atoms with Crippen molar-refractivity contribution in [1.82, 2.24) is 9.97 Å². The molecule has 0 aliphatic rings. The van der Waals surface area contributed by atoms with Gasteiger partial charge in [0.2, 0.25) is 5.78 Å². The first-order chi connectivity index (χ1) is 16.2. The Morgan fingerprint density at radius 1 is 1.09 bits per heavy atom. The second-order valence-corrected chi connectivity index (χ2v) is 6.72. The topological polar surface area (TPSA) is 188 Å². The van der Waals surface area contributed by atoms with Gasteiger partial charge in [0.1, 0.15) is 5.69 Å². The van der Waals surface area contributed by atoms with Crippen molar-refractivity contribution < 1.29 is 33.6 Å². The zero-order valence-electron chi connectivity index (χ0n) is 17.7. The molecule has 2 aromatic carbocycles. The predicted octanol–water partition coefficient (Wildman–Crippen LogP) is 1.08. The van der Waals surface area contributed by atoms with Crippen LogP contribution >= 0.6 is 0 Å². The van der Waals surface area contributed by atoms with Crippen LogP contribution in [0.4, 0.5) is 11.4 Å². The number of esters is 2. The summed E-state index contributed by atoms with van der Waals surface area (Å²) in [6, 6.07) is 9.04. The molecule has 0 saturated carbocycles. The Morgan fingerprint density at radius 3 is 2.44 bits per heavy atom. The monoisotopic (exact) mass is 468 g/mol. The number of aromatic amines is 1. The summed E-state index contributed by atoms with van der Waals surface area (Å²) in [7, 11) is 2.08. The second-order valence-electron chi connectivity index (χ2n) is 6.72. The molecule has 1 amide bonds. The van der Waals surface area contributed by atoms with Gasteiger partial charge in [0.05, 0.1) is 41.4 Å². The molecule has 1 aromatic heterocycles. The number of Topliss-reactive ketones (excluding diaryl/α,β-unsaturated/α-hetero) is 1. The van der Waals surface area contributed by atoms with Gasteiger partial charge in [-0.1, -0.05) is 12.1 Å². The quantitative estimate of drug-likeness (QED) is 0.167. The number of nitrogens with zero attached hydrogens (tertiary/aromatic N) is 2. The number of rotatable bonds is 7. The molecular formula is C21H16N4O9. The first kappa shape index (κ1) is 23.7. The Labute approximate surface area is 189 Å². The molecule has 13 heteroatoms. The van der Waals surface area contributed by atoms with E-state index in [1.54, 1.807) is 0 Å². The molecule has 3 rings (SSSR count). The number of aromatic nitrogens is 2. The second kappa shape index (κ2) is 9.68. The largest absolute Gasteiger partial charge is 0.468 e. The summed E-state index contributed by atoms with van der Waals surface area (Å²) in [5, 5.41) is 13.2. The number of ether oxygens (including phenoxy) is 2. The molecule has 0 fully saturated rings. The minimum absolute atomic E-state index is 0.0181. The van der Waals surface area contributed by atoms with Gasteiger partial charge in [0.25, 0.3) is 17.2 Å². The van der Waals surface area contributed by atoms with Crippen LogP contribution < -0.4 is 10.9 Å². The Bertz CT molecular complexity index is 1400. The predicted molar refractivity (Wildman–Crippen MR) is 115 cm³/mol. The van der Waals surface area contributed by atoms with Gasteiger partial charge in [0, 0.05) is 12.1 Å². The number of para-hydroxylation sites is 1. The molecule has 0 spiro atoms. The van der Waals surface area contributed by atoms with Crippen molar-refractivity contribution in [2.24, 2.45) is 0 Å². The number of amides is 1. The zero-order chi connectivity index (χ0) is 25.0. The lowest BCUT2D eigenvalue weighted by Crippen LogP contribution is -2.37. The molecule has 0 aliphatic heterocycles. The van der Waals surface area contributed by atoms with Crippen LogP contribution in [0.1, 0.15) is 22.0 Å². The van der Waals surface area contributed by atoms with E-state index in [4.69, 9.17) is 0 Å². The molecule has 0 aliphatic carbocycles. The maximum atomic E-state index is 12.9. The third-order valence-corrected chi connectivity index (χ3v) is 4.69. The molecule has 174 valence electrons. The van der Waals surface area contributed by atoms with Gasteiger partial charge in [-0.3, -0.25) is 29.3 Å². The van der Waals surface area contributed by atoms with Gasteiger partial charge in [-0.2, -0.15) is 0 Å². The Hall–Kier alpha value is -4.94. The van der Waals surface area contributed by atoms with Crippen LogP contribution in [0.5, 0.6) is 0 Å². The molecule has 34 heavy (non-hydrogen) atoms. The van der Waals surface area contributed by atoms with Crippen LogP contribution in [0.2, 0.25) is 0 Å². The Kier molecular flexibility index (Phi) is 6.76. The molecule has 1 atom stereocenters. The number of H-pyrrole nitrogens is 1. The molecule has 0 saturated heterocycles. The van der Waals surface area contributed by atoms with E-state index in [1.165, 1.54) is 30.3 Å². The number of methoxy groups -OCH3 is 2. The van der Waals surface area contributed by atoms with Crippen molar-refractivity contribution in [3.05, 3.63) is 74.2 Å². The van der Waals surface area contributed by atoms with Gasteiger partial charge < -0.3 is 19.8 Å². The third-order valence-electron chi connectivity index (χ3n) is 4.69. The van der Waals surface area contributed by atoms with Crippen molar-refractivity contribution >= 4 is 46.0 Å². The number of nitrogens with one attached hydrogen (secondary N) is 2. The average Bonchev–Trinajstić information content (AvgIpc) is 2.83. The highest BCUT2D eigenvalue weighted by atomic mass is 16.6. The first-order valence-corrected chi connectivity index (χ1v) is 9.46. The van der Waals surface area contributed by atoms with Crippen LogP contribution in [0, 0.1) is 10.1 Å². The van der Waals surface area contributed by atoms with Gasteiger partial charge >= 0.3 is 11.9 Å². The summed E-state index contributed by atoms with van der Waals surface area (Å²) >= 11 is 0. The highest BCUT2D eigenvalue weighted by Crippen LogP contribution is 2.21. The van der Waals surface area contributed by atoms with Crippen molar-refractivity contribution in [1.29, 1.82) is 0 Å². The highest BCUT2D eigenvalue weighted by Gasteiger charge is 2.38. The summed E-state index contributed by atoms with van der Waals surface area (Å²) in [6.45, 7) is 0. The Morgan fingerprint density at radius 2 is 1.79 bits per heavy atom. The smallest absolute Gasteiger partial charge is 0.339 e. The number of fused-ring (bicyclic) bond motifs is 1. The van der Waals surface area contributed by atoms with E-state index in [2.05, 4.69) is 24.8 Å². The normalized spacial score (nSPS) is 11.4. The van der Waals surface area contributed by atoms with Crippen molar-refractivity contribution in [2.75, 3.05) is 19.5 Å². The van der Waals surface area contributed by atoms with E-state index in [1.807, 2.05) is 0 Å². The number of carbonyl (C=O) groups excluding carboxylic acids is 4. The lowest BCUT2D eigenvalue weighted by Gasteiger charge is -2.14.